The van der Waals surface area contributed by atoms with Gasteiger partial charge in [0.25, 0.3) is 0 Å². The Bertz CT molecular complexity index is 609. The lowest BCUT2D eigenvalue weighted by Crippen LogP contribution is -2.20. The third-order valence-electron chi connectivity index (χ3n) is 3.40. The van der Waals surface area contributed by atoms with Gasteiger partial charge in [0, 0.05) is 0 Å². The zero-order valence-electron chi connectivity index (χ0n) is 12.4. The minimum absolute atomic E-state index is 0.158. The van der Waals surface area contributed by atoms with Gasteiger partial charge in [-0.25, -0.2) is 9.59 Å². The van der Waals surface area contributed by atoms with Crippen molar-refractivity contribution in [1.29, 1.82) is 0 Å². The highest BCUT2D eigenvalue weighted by atomic mass is 16.7. The lowest BCUT2D eigenvalue weighted by Gasteiger charge is -2.03. The Morgan fingerprint density at radius 2 is 1.13 bits per heavy atom. The van der Waals surface area contributed by atoms with E-state index in [0.717, 1.165) is 11.1 Å². The van der Waals surface area contributed by atoms with Gasteiger partial charge in [0.2, 0.25) is 0 Å². The van der Waals surface area contributed by atoms with Gasteiger partial charge in [0.15, 0.2) is 12.2 Å². The molecule has 3 rings (SSSR count). The molecule has 1 aliphatic heterocycles. The molecular formula is C18H16O5. The summed E-state index contributed by atoms with van der Waals surface area (Å²) in [6.07, 6.45) is -1.72. The summed E-state index contributed by atoms with van der Waals surface area (Å²) >= 11 is 0. The van der Waals surface area contributed by atoms with Crippen molar-refractivity contribution < 1.29 is 23.8 Å². The molecule has 0 bridgehead atoms. The van der Waals surface area contributed by atoms with E-state index in [0.29, 0.717) is 0 Å². The van der Waals surface area contributed by atoms with Crippen molar-refractivity contribution in [3.05, 3.63) is 71.8 Å². The van der Waals surface area contributed by atoms with Crippen molar-refractivity contribution in [2.24, 2.45) is 0 Å². The summed E-state index contributed by atoms with van der Waals surface area (Å²) < 4.78 is 15.3. The third-order valence-corrected chi connectivity index (χ3v) is 3.40. The highest BCUT2D eigenvalue weighted by Gasteiger charge is 2.52. The average molecular weight is 312 g/mol. The first-order chi connectivity index (χ1) is 11.2. The second-order valence-electron chi connectivity index (χ2n) is 5.16. The predicted molar refractivity (Wildman–Crippen MR) is 81.1 cm³/mol. The summed E-state index contributed by atoms with van der Waals surface area (Å²) in [4.78, 5) is 23.6. The molecule has 0 amide bonds. The van der Waals surface area contributed by atoms with Crippen LogP contribution >= 0.6 is 0 Å². The molecule has 118 valence electrons. The van der Waals surface area contributed by atoms with Crippen LogP contribution in [0.4, 0.5) is 0 Å². The Labute approximate surface area is 133 Å². The summed E-state index contributed by atoms with van der Waals surface area (Å²) in [6, 6.07) is 18.6. The second kappa shape index (κ2) is 7.07. The molecule has 0 spiro atoms. The largest absolute Gasteiger partial charge is 0.459 e. The number of carbonyl (C=O) groups excluding carboxylic acids is 2. The van der Waals surface area contributed by atoms with E-state index in [1.165, 1.54) is 0 Å². The van der Waals surface area contributed by atoms with Gasteiger partial charge in [-0.05, 0) is 11.1 Å². The molecule has 2 aromatic carbocycles. The number of hydrogen-bond donors (Lipinski definition) is 0. The molecule has 0 aliphatic carbocycles. The molecule has 5 heteroatoms. The van der Waals surface area contributed by atoms with Crippen LogP contribution in [0.3, 0.4) is 0 Å². The zero-order chi connectivity index (χ0) is 16.1. The van der Waals surface area contributed by atoms with Crippen LogP contribution < -0.4 is 0 Å². The molecule has 5 nitrogen and oxygen atoms in total. The molecule has 1 saturated heterocycles. The Kier molecular flexibility index (Phi) is 4.68. The minimum Gasteiger partial charge on any atom is -0.459 e. The van der Waals surface area contributed by atoms with Gasteiger partial charge in [0.1, 0.15) is 13.2 Å². The number of ether oxygens (including phenoxy) is 3. The third kappa shape index (κ3) is 4.17. The quantitative estimate of drug-likeness (QED) is 0.604. The molecule has 0 radical (unpaired) electrons. The van der Waals surface area contributed by atoms with Crippen LogP contribution in [0.5, 0.6) is 0 Å². The fourth-order valence-corrected chi connectivity index (χ4v) is 2.09. The maximum Gasteiger partial charge on any atom is 0.339 e. The lowest BCUT2D eigenvalue weighted by atomic mass is 10.2. The van der Waals surface area contributed by atoms with Crippen molar-refractivity contribution >= 4 is 11.9 Å². The van der Waals surface area contributed by atoms with Gasteiger partial charge in [-0.2, -0.15) is 0 Å². The van der Waals surface area contributed by atoms with Gasteiger partial charge in [-0.3, -0.25) is 0 Å². The standard InChI is InChI=1S/C18H16O5/c19-17(21-11-13-7-3-1-4-8-13)15-16(23-15)18(20)22-12-14-9-5-2-6-10-14/h1-10,15-16H,11-12H2/t15-,16-/m0/s1. The smallest absolute Gasteiger partial charge is 0.339 e. The molecule has 2 atom stereocenters. The molecule has 1 fully saturated rings. The van der Waals surface area contributed by atoms with E-state index < -0.39 is 24.1 Å². The minimum atomic E-state index is -0.859. The van der Waals surface area contributed by atoms with Crippen LogP contribution in [-0.4, -0.2) is 24.1 Å². The lowest BCUT2D eigenvalue weighted by molar-refractivity contribution is -0.148. The van der Waals surface area contributed by atoms with Gasteiger partial charge in [-0.1, -0.05) is 60.7 Å². The molecule has 2 aromatic rings. The molecule has 1 heterocycles. The number of esters is 2. The first-order valence-electron chi connectivity index (χ1n) is 7.30. The van der Waals surface area contributed by atoms with E-state index in [-0.39, 0.29) is 13.2 Å². The number of hydrogen-bond acceptors (Lipinski definition) is 5. The first kappa shape index (κ1) is 15.2. The van der Waals surface area contributed by atoms with Crippen molar-refractivity contribution in [2.75, 3.05) is 0 Å². The van der Waals surface area contributed by atoms with Gasteiger partial charge >= 0.3 is 11.9 Å². The Morgan fingerprint density at radius 3 is 1.52 bits per heavy atom. The average Bonchev–Trinajstić information content (AvgIpc) is 3.40. The molecule has 0 unspecified atom stereocenters. The molecule has 0 N–H and O–H groups in total. The Hall–Kier alpha value is -2.66. The first-order valence-corrected chi connectivity index (χ1v) is 7.30. The summed E-state index contributed by atoms with van der Waals surface area (Å²) in [7, 11) is 0. The van der Waals surface area contributed by atoms with Gasteiger partial charge in [-0.15, -0.1) is 0 Å². The molecule has 1 aliphatic rings. The van der Waals surface area contributed by atoms with Gasteiger partial charge in [0.05, 0.1) is 0 Å². The fraction of sp³-hybridized carbons (Fsp3) is 0.222. The predicted octanol–water partition coefficient (Wildman–Crippen LogP) is 2.24. The van der Waals surface area contributed by atoms with Crippen LogP contribution in [0.15, 0.2) is 60.7 Å². The number of benzene rings is 2. The highest BCUT2D eigenvalue weighted by Crippen LogP contribution is 2.25. The van der Waals surface area contributed by atoms with E-state index in [2.05, 4.69) is 0 Å². The normalized spacial score (nSPS) is 19.0. The van der Waals surface area contributed by atoms with Crippen LogP contribution in [0, 0.1) is 0 Å². The topological polar surface area (TPSA) is 65.1 Å². The van der Waals surface area contributed by atoms with Crippen molar-refractivity contribution in [2.45, 2.75) is 25.4 Å². The second-order valence-corrected chi connectivity index (χ2v) is 5.16. The van der Waals surface area contributed by atoms with E-state index in [9.17, 15) is 9.59 Å². The SMILES string of the molecule is O=C(OCc1ccccc1)[C@H]1O[C@@H]1C(=O)OCc1ccccc1. The van der Waals surface area contributed by atoms with E-state index in [1.807, 2.05) is 60.7 Å². The molecule has 0 saturated carbocycles. The summed E-state index contributed by atoms with van der Waals surface area (Å²) in [6.45, 7) is 0.316. The van der Waals surface area contributed by atoms with Gasteiger partial charge < -0.3 is 14.2 Å². The highest BCUT2D eigenvalue weighted by molar-refractivity contribution is 5.89. The van der Waals surface area contributed by atoms with E-state index >= 15 is 0 Å². The van der Waals surface area contributed by atoms with Crippen LogP contribution in [0.1, 0.15) is 11.1 Å². The summed E-state index contributed by atoms with van der Waals surface area (Å²) in [5.74, 6) is -1.09. The number of carbonyl (C=O) groups is 2. The zero-order valence-corrected chi connectivity index (χ0v) is 12.4. The van der Waals surface area contributed by atoms with Crippen molar-refractivity contribution in [3.8, 4) is 0 Å². The molecular weight excluding hydrogens is 296 g/mol. The van der Waals surface area contributed by atoms with Crippen LogP contribution in [0.25, 0.3) is 0 Å². The number of epoxide rings is 1. The number of rotatable bonds is 6. The maximum absolute atomic E-state index is 11.8. The maximum atomic E-state index is 11.8. The van der Waals surface area contributed by atoms with E-state index in [4.69, 9.17) is 14.2 Å². The van der Waals surface area contributed by atoms with Crippen molar-refractivity contribution in [1.82, 2.24) is 0 Å². The fourth-order valence-electron chi connectivity index (χ4n) is 2.09. The summed E-state index contributed by atoms with van der Waals surface area (Å²) in [5.41, 5.74) is 1.76. The van der Waals surface area contributed by atoms with Crippen LogP contribution in [0.2, 0.25) is 0 Å². The monoisotopic (exact) mass is 312 g/mol. The Balaban J connectivity index is 1.41. The summed E-state index contributed by atoms with van der Waals surface area (Å²) in [5, 5.41) is 0. The molecule has 0 aromatic heterocycles. The van der Waals surface area contributed by atoms with Crippen molar-refractivity contribution in [3.63, 3.8) is 0 Å². The molecule has 23 heavy (non-hydrogen) atoms. The van der Waals surface area contributed by atoms with Crippen LogP contribution in [-0.2, 0) is 37.0 Å². The van der Waals surface area contributed by atoms with E-state index in [1.54, 1.807) is 0 Å². The Morgan fingerprint density at radius 1 is 0.739 bits per heavy atom.